The van der Waals surface area contributed by atoms with Crippen LogP contribution in [-0.2, 0) is 9.53 Å². The molecular formula is C13H24N2O2. The van der Waals surface area contributed by atoms with Gasteiger partial charge in [-0.15, -0.1) is 0 Å². The summed E-state index contributed by atoms with van der Waals surface area (Å²) in [5, 5.41) is 3.35. The maximum absolute atomic E-state index is 12.1. The molecule has 1 atom stereocenters. The third kappa shape index (κ3) is 3.96. The third-order valence-corrected chi connectivity index (χ3v) is 3.77. The van der Waals surface area contributed by atoms with E-state index in [0.717, 1.165) is 26.1 Å². The zero-order valence-corrected chi connectivity index (χ0v) is 10.8. The van der Waals surface area contributed by atoms with Crippen molar-refractivity contribution in [2.45, 2.75) is 38.1 Å². The molecule has 2 fully saturated rings. The Hall–Kier alpha value is -0.610. The predicted octanol–water partition coefficient (Wildman–Crippen LogP) is 1.01. The van der Waals surface area contributed by atoms with Gasteiger partial charge in [0.2, 0.25) is 5.91 Å². The lowest BCUT2D eigenvalue weighted by molar-refractivity contribution is -0.132. The van der Waals surface area contributed by atoms with Crippen LogP contribution in [0.15, 0.2) is 0 Å². The van der Waals surface area contributed by atoms with Gasteiger partial charge in [0.1, 0.15) is 0 Å². The van der Waals surface area contributed by atoms with Crippen LogP contribution in [0.2, 0.25) is 0 Å². The van der Waals surface area contributed by atoms with Gasteiger partial charge in [0.05, 0.1) is 6.61 Å². The zero-order valence-electron chi connectivity index (χ0n) is 10.8. The first-order valence-corrected chi connectivity index (χ1v) is 6.80. The Bertz CT molecular complexity index is 248. The molecule has 1 saturated heterocycles. The van der Waals surface area contributed by atoms with Crippen molar-refractivity contribution in [3.8, 4) is 0 Å². The fourth-order valence-corrected chi connectivity index (χ4v) is 2.52. The fourth-order valence-electron chi connectivity index (χ4n) is 2.52. The molecule has 4 nitrogen and oxygen atoms in total. The normalized spacial score (nSPS) is 23.9. The first kappa shape index (κ1) is 12.8. The fraction of sp³-hybridized carbons (Fsp3) is 0.923. The molecule has 0 aromatic rings. The molecule has 1 amide bonds. The van der Waals surface area contributed by atoms with Crippen molar-refractivity contribution in [3.63, 3.8) is 0 Å². The summed E-state index contributed by atoms with van der Waals surface area (Å²) in [5.74, 6) is 1.04. The van der Waals surface area contributed by atoms with Gasteiger partial charge in [-0.1, -0.05) is 0 Å². The van der Waals surface area contributed by atoms with Crippen LogP contribution in [0, 0.1) is 5.92 Å². The van der Waals surface area contributed by atoms with Crippen LogP contribution in [0.25, 0.3) is 0 Å². The Morgan fingerprint density at radius 2 is 2.24 bits per heavy atom. The van der Waals surface area contributed by atoms with Crippen LogP contribution in [0.4, 0.5) is 0 Å². The summed E-state index contributed by atoms with van der Waals surface area (Å²) in [5.41, 5.74) is 0. The molecule has 0 spiro atoms. The van der Waals surface area contributed by atoms with Crippen molar-refractivity contribution in [2.24, 2.45) is 5.92 Å². The molecule has 98 valence electrons. The van der Waals surface area contributed by atoms with E-state index in [-0.39, 0.29) is 0 Å². The number of rotatable bonds is 7. The number of nitrogens with zero attached hydrogens (tertiary/aromatic N) is 1. The average Bonchev–Trinajstić information content (AvgIpc) is 3.03. The standard InChI is InChI=1S/C13H24N2O2/c1-17-9-8-15(12-3-4-12)13(16)5-2-11-6-7-14-10-11/h11-12,14H,2-10H2,1H3. The minimum atomic E-state index is 0.330. The van der Waals surface area contributed by atoms with Crippen molar-refractivity contribution in [1.29, 1.82) is 0 Å². The van der Waals surface area contributed by atoms with Crippen LogP contribution in [-0.4, -0.2) is 50.2 Å². The van der Waals surface area contributed by atoms with E-state index in [4.69, 9.17) is 4.74 Å². The predicted molar refractivity (Wildman–Crippen MR) is 66.8 cm³/mol. The zero-order chi connectivity index (χ0) is 12.1. The van der Waals surface area contributed by atoms with E-state index < -0.39 is 0 Å². The van der Waals surface area contributed by atoms with E-state index in [1.165, 1.54) is 19.3 Å². The molecule has 2 aliphatic rings. The molecule has 17 heavy (non-hydrogen) atoms. The monoisotopic (exact) mass is 240 g/mol. The quantitative estimate of drug-likeness (QED) is 0.722. The number of nitrogens with one attached hydrogen (secondary N) is 1. The summed E-state index contributed by atoms with van der Waals surface area (Å²) < 4.78 is 5.07. The van der Waals surface area contributed by atoms with Crippen molar-refractivity contribution in [2.75, 3.05) is 33.4 Å². The minimum Gasteiger partial charge on any atom is -0.383 e. The molecule has 2 rings (SSSR count). The van der Waals surface area contributed by atoms with Gasteiger partial charge in [-0.25, -0.2) is 0 Å². The maximum atomic E-state index is 12.1. The highest BCUT2D eigenvalue weighted by Crippen LogP contribution is 2.28. The second kappa shape index (κ2) is 6.36. The molecule has 0 bridgehead atoms. The summed E-state index contributed by atoms with van der Waals surface area (Å²) >= 11 is 0. The molecule has 0 radical (unpaired) electrons. The second-order valence-electron chi connectivity index (χ2n) is 5.21. The molecule has 1 unspecified atom stereocenters. The van der Waals surface area contributed by atoms with E-state index in [1.807, 2.05) is 4.90 Å². The number of methoxy groups -OCH3 is 1. The smallest absolute Gasteiger partial charge is 0.222 e. The highest BCUT2D eigenvalue weighted by Gasteiger charge is 2.32. The first-order valence-electron chi connectivity index (χ1n) is 6.80. The Balaban J connectivity index is 1.71. The lowest BCUT2D eigenvalue weighted by Crippen LogP contribution is -2.36. The van der Waals surface area contributed by atoms with Crippen molar-refractivity contribution >= 4 is 5.91 Å². The molecule has 1 heterocycles. The highest BCUT2D eigenvalue weighted by atomic mass is 16.5. The number of amides is 1. The molecular weight excluding hydrogens is 216 g/mol. The number of hydrogen-bond donors (Lipinski definition) is 1. The Labute approximate surface area is 104 Å². The van der Waals surface area contributed by atoms with Gasteiger partial charge >= 0.3 is 0 Å². The summed E-state index contributed by atoms with van der Waals surface area (Å²) in [6.07, 6.45) is 5.35. The second-order valence-corrected chi connectivity index (χ2v) is 5.21. The molecule has 1 saturated carbocycles. The molecule has 0 aromatic carbocycles. The van der Waals surface area contributed by atoms with Gasteiger partial charge in [0.15, 0.2) is 0 Å². The van der Waals surface area contributed by atoms with Gasteiger partial charge < -0.3 is 15.0 Å². The number of ether oxygens (including phenoxy) is 1. The first-order chi connectivity index (χ1) is 8.31. The largest absolute Gasteiger partial charge is 0.383 e. The van der Waals surface area contributed by atoms with E-state index >= 15 is 0 Å². The van der Waals surface area contributed by atoms with E-state index in [1.54, 1.807) is 7.11 Å². The van der Waals surface area contributed by atoms with Crippen LogP contribution in [0.3, 0.4) is 0 Å². The number of carbonyl (C=O) groups excluding carboxylic acids is 1. The highest BCUT2D eigenvalue weighted by molar-refractivity contribution is 5.76. The van der Waals surface area contributed by atoms with Gasteiger partial charge in [-0.2, -0.15) is 0 Å². The van der Waals surface area contributed by atoms with Crippen molar-refractivity contribution in [3.05, 3.63) is 0 Å². The van der Waals surface area contributed by atoms with Crippen LogP contribution in [0.5, 0.6) is 0 Å². The average molecular weight is 240 g/mol. The van der Waals surface area contributed by atoms with Crippen molar-refractivity contribution in [1.82, 2.24) is 10.2 Å². The summed E-state index contributed by atoms with van der Waals surface area (Å²) in [6.45, 7) is 3.64. The van der Waals surface area contributed by atoms with Gasteiger partial charge in [0, 0.05) is 26.1 Å². The van der Waals surface area contributed by atoms with Gasteiger partial charge in [-0.3, -0.25) is 4.79 Å². The van der Waals surface area contributed by atoms with Gasteiger partial charge in [-0.05, 0) is 44.7 Å². The Morgan fingerprint density at radius 3 is 2.82 bits per heavy atom. The lowest BCUT2D eigenvalue weighted by atomic mass is 10.0. The van der Waals surface area contributed by atoms with Crippen LogP contribution in [0.1, 0.15) is 32.1 Å². The minimum absolute atomic E-state index is 0.330. The number of carbonyl (C=O) groups is 1. The van der Waals surface area contributed by atoms with Crippen LogP contribution >= 0.6 is 0 Å². The van der Waals surface area contributed by atoms with E-state index in [2.05, 4.69) is 5.32 Å². The number of hydrogen-bond acceptors (Lipinski definition) is 3. The van der Waals surface area contributed by atoms with E-state index in [9.17, 15) is 4.79 Å². The summed E-state index contributed by atoms with van der Waals surface area (Å²) in [7, 11) is 1.69. The summed E-state index contributed by atoms with van der Waals surface area (Å²) in [6, 6.07) is 0.513. The molecule has 1 aliphatic heterocycles. The third-order valence-electron chi connectivity index (χ3n) is 3.77. The van der Waals surface area contributed by atoms with E-state index in [0.29, 0.717) is 30.9 Å². The lowest BCUT2D eigenvalue weighted by Gasteiger charge is -2.22. The Morgan fingerprint density at radius 1 is 1.41 bits per heavy atom. The maximum Gasteiger partial charge on any atom is 0.222 e. The molecule has 1 aliphatic carbocycles. The molecule has 4 heteroatoms. The topological polar surface area (TPSA) is 41.6 Å². The molecule has 1 N–H and O–H groups in total. The summed E-state index contributed by atoms with van der Waals surface area (Å²) in [4.78, 5) is 14.2. The van der Waals surface area contributed by atoms with Crippen LogP contribution < -0.4 is 5.32 Å². The van der Waals surface area contributed by atoms with Gasteiger partial charge in [0.25, 0.3) is 0 Å². The Kier molecular flexibility index (Phi) is 4.80. The molecule has 0 aromatic heterocycles. The van der Waals surface area contributed by atoms with Crippen molar-refractivity contribution < 1.29 is 9.53 Å². The SMILES string of the molecule is COCCN(C(=O)CCC1CCNC1)C1CC1.